The molecule has 2 atom stereocenters. The van der Waals surface area contributed by atoms with Crippen molar-refractivity contribution in [3.8, 4) is 0 Å². The van der Waals surface area contributed by atoms with E-state index in [0.29, 0.717) is 11.7 Å². The van der Waals surface area contributed by atoms with Gasteiger partial charge in [-0.15, -0.1) is 0 Å². The highest BCUT2D eigenvalue weighted by atomic mass is 16.4. The van der Waals surface area contributed by atoms with Crippen LogP contribution in [0.1, 0.15) is 43.0 Å². The first-order chi connectivity index (χ1) is 8.56. The zero-order valence-electron chi connectivity index (χ0n) is 10.6. The quantitative estimate of drug-likeness (QED) is 0.719. The number of carbonyl (C=O) groups is 1. The summed E-state index contributed by atoms with van der Waals surface area (Å²) in [6.07, 6.45) is 4.75. The minimum Gasteiger partial charge on any atom is -0.478 e. The van der Waals surface area contributed by atoms with Gasteiger partial charge in [-0.1, -0.05) is 19.8 Å². The van der Waals surface area contributed by atoms with Gasteiger partial charge in [0, 0.05) is 6.04 Å². The van der Waals surface area contributed by atoms with Crippen molar-refractivity contribution in [2.75, 3.05) is 11.1 Å². The van der Waals surface area contributed by atoms with Gasteiger partial charge in [-0.2, -0.15) is 0 Å². The summed E-state index contributed by atoms with van der Waals surface area (Å²) in [4.78, 5) is 10.9. The number of nitrogens with two attached hydrogens (primary N) is 1. The van der Waals surface area contributed by atoms with Crippen LogP contribution in [0.15, 0.2) is 18.2 Å². The summed E-state index contributed by atoms with van der Waals surface area (Å²) in [6.45, 7) is 2.25. The summed E-state index contributed by atoms with van der Waals surface area (Å²) in [5, 5.41) is 12.4. The number of carboxylic acids is 1. The Balaban J connectivity index is 2.12. The summed E-state index contributed by atoms with van der Waals surface area (Å²) < 4.78 is 0. The minimum atomic E-state index is -0.921. The highest BCUT2D eigenvalue weighted by Gasteiger charge is 2.19. The summed E-state index contributed by atoms with van der Waals surface area (Å²) in [5.74, 6) is -0.199. The molecule has 1 aliphatic rings. The third kappa shape index (κ3) is 2.94. The fourth-order valence-corrected chi connectivity index (χ4v) is 2.60. The lowest BCUT2D eigenvalue weighted by Crippen LogP contribution is -2.26. The molecule has 0 aliphatic heterocycles. The first-order valence-corrected chi connectivity index (χ1v) is 6.45. The summed E-state index contributed by atoms with van der Waals surface area (Å²) in [5.41, 5.74) is 7.51. The SMILES string of the molecule is CC1CCCC(Nc2cc(C(=O)O)ccc2N)C1. The van der Waals surface area contributed by atoms with E-state index in [1.807, 2.05) is 0 Å². The second-order valence-corrected chi connectivity index (χ2v) is 5.22. The molecule has 0 amide bonds. The molecule has 1 aromatic rings. The molecular formula is C14H20N2O2. The third-order valence-corrected chi connectivity index (χ3v) is 3.60. The average molecular weight is 248 g/mol. The van der Waals surface area contributed by atoms with Crippen LogP contribution in [-0.4, -0.2) is 17.1 Å². The molecule has 0 heterocycles. The lowest BCUT2D eigenvalue weighted by Gasteiger charge is -2.28. The number of anilines is 2. The monoisotopic (exact) mass is 248 g/mol. The standard InChI is InChI=1S/C14H20N2O2/c1-9-3-2-4-11(7-9)16-13-8-10(14(17)18)5-6-12(13)15/h5-6,8-9,11,16H,2-4,7,15H2,1H3,(H,17,18). The molecule has 4 heteroatoms. The van der Waals surface area contributed by atoms with E-state index in [4.69, 9.17) is 10.8 Å². The maximum absolute atomic E-state index is 10.9. The molecule has 18 heavy (non-hydrogen) atoms. The molecule has 0 saturated heterocycles. The van der Waals surface area contributed by atoms with E-state index in [-0.39, 0.29) is 5.56 Å². The zero-order chi connectivity index (χ0) is 13.1. The molecule has 1 aliphatic carbocycles. The van der Waals surface area contributed by atoms with Gasteiger partial charge in [-0.3, -0.25) is 0 Å². The van der Waals surface area contributed by atoms with Gasteiger partial charge in [0.1, 0.15) is 0 Å². The van der Waals surface area contributed by atoms with Crippen LogP contribution in [0, 0.1) is 5.92 Å². The summed E-state index contributed by atoms with van der Waals surface area (Å²) in [6, 6.07) is 5.21. The Morgan fingerprint density at radius 2 is 2.22 bits per heavy atom. The molecule has 0 spiro atoms. The second kappa shape index (κ2) is 5.29. The van der Waals surface area contributed by atoms with Crippen LogP contribution in [0.5, 0.6) is 0 Å². The van der Waals surface area contributed by atoms with Crippen molar-refractivity contribution in [2.24, 2.45) is 5.92 Å². The highest BCUT2D eigenvalue weighted by molar-refractivity contribution is 5.90. The molecule has 2 rings (SSSR count). The Bertz CT molecular complexity index is 445. The number of nitrogen functional groups attached to an aromatic ring is 1. The summed E-state index contributed by atoms with van der Waals surface area (Å²) in [7, 11) is 0. The Labute approximate surface area is 107 Å². The largest absolute Gasteiger partial charge is 0.478 e. The van der Waals surface area contributed by atoms with Crippen LogP contribution in [0.25, 0.3) is 0 Å². The number of nitrogens with one attached hydrogen (secondary N) is 1. The van der Waals surface area contributed by atoms with Crippen molar-refractivity contribution in [1.82, 2.24) is 0 Å². The molecule has 1 fully saturated rings. The second-order valence-electron chi connectivity index (χ2n) is 5.22. The van der Waals surface area contributed by atoms with Gasteiger partial charge < -0.3 is 16.2 Å². The van der Waals surface area contributed by atoms with Crippen molar-refractivity contribution >= 4 is 17.3 Å². The number of rotatable bonds is 3. The summed E-state index contributed by atoms with van der Waals surface area (Å²) >= 11 is 0. The van der Waals surface area contributed by atoms with Crippen LogP contribution in [0.2, 0.25) is 0 Å². The van der Waals surface area contributed by atoms with Crippen molar-refractivity contribution in [3.63, 3.8) is 0 Å². The molecule has 0 bridgehead atoms. The fourth-order valence-electron chi connectivity index (χ4n) is 2.60. The maximum atomic E-state index is 10.9. The predicted octanol–water partition coefficient (Wildman–Crippen LogP) is 2.96. The Hall–Kier alpha value is -1.71. The number of benzene rings is 1. The number of carboxylic acid groups (broad SMARTS) is 1. The Morgan fingerprint density at radius 3 is 2.89 bits per heavy atom. The van der Waals surface area contributed by atoms with Gasteiger partial charge in [0.05, 0.1) is 16.9 Å². The van der Waals surface area contributed by atoms with E-state index >= 15 is 0 Å². The molecule has 0 aromatic heterocycles. The maximum Gasteiger partial charge on any atom is 0.335 e. The van der Waals surface area contributed by atoms with Crippen LogP contribution in [-0.2, 0) is 0 Å². The Kier molecular flexibility index (Phi) is 3.75. The first kappa shape index (κ1) is 12.7. The highest BCUT2D eigenvalue weighted by Crippen LogP contribution is 2.28. The van der Waals surface area contributed by atoms with E-state index in [1.54, 1.807) is 12.1 Å². The molecule has 1 aromatic carbocycles. The van der Waals surface area contributed by atoms with Crippen molar-refractivity contribution in [3.05, 3.63) is 23.8 Å². The van der Waals surface area contributed by atoms with Gasteiger partial charge >= 0.3 is 5.97 Å². The zero-order valence-corrected chi connectivity index (χ0v) is 10.6. The van der Waals surface area contributed by atoms with Gasteiger partial charge in [0.25, 0.3) is 0 Å². The van der Waals surface area contributed by atoms with E-state index in [2.05, 4.69) is 12.2 Å². The average Bonchev–Trinajstić information content (AvgIpc) is 2.31. The van der Waals surface area contributed by atoms with Crippen LogP contribution in [0.4, 0.5) is 11.4 Å². The van der Waals surface area contributed by atoms with Gasteiger partial charge in [0.15, 0.2) is 0 Å². The Morgan fingerprint density at radius 1 is 1.44 bits per heavy atom. The molecule has 98 valence electrons. The van der Waals surface area contributed by atoms with Gasteiger partial charge in [0.2, 0.25) is 0 Å². The lowest BCUT2D eigenvalue weighted by atomic mass is 9.87. The number of aromatic carboxylic acids is 1. The topological polar surface area (TPSA) is 75.3 Å². The molecule has 4 N–H and O–H groups in total. The third-order valence-electron chi connectivity index (χ3n) is 3.60. The molecule has 4 nitrogen and oxygen atoms in total. The lowest BCUT2D eigenvalue weighted by molar-refractivity contribution is 0.0697. The predicted molar refractivity (Wildman–Crippen MR) is 72.9 cm³/mol. The van der Waals surface area contributed by atoms with Crippen LogP contribution < -0.4 is 11.1 Å². The van der Waals surface area contributed by atoms with Crippen molar-refractivity contribution in [1.29, 1.82) is 0 Å². The van der Waals surface area contributed by atoms with Crippen molar-refractivity contribution in [2.45, 2.75) is 38.6 Å². The normalized spacial score (nSPS) is 23.6. The molecule has 2 unspecified atom stereocenters. The first-order valence-electron chi connectivity index (χ1n) is 6.45. The van der Waals surface area contributed by atoms with Gasteiger partial charge in [-0.05, 0) is 37.0 Å². The molecule has 0 radical (unpaired) electrons. The van der Waals surface area contributed by atoms with E-state index in [0.717, 1.165) is 24.4 Å². The molecular weight excluding hydrogens is 228 g/mol. The van der Waals surface area contributed by atoms with Gasteiger partial charge in [-0.25, -0.2) is 4.79 Å². The van der Waals surface area contributed by atoms with Crippen molar-refractivity contribution < 1.29 is 9.90 Å². The smallest absolute Gasteiger partial charge is 0.335 e. The minimum absolute atomic E-state index is 0.274. The van der Waals surface area contributed by atoms with E-state index < -0.39 is 5.97 Å². The van der Waals surface area contributed by atoms with E-state index in [9.17, 15) is 4.79 Å². The van der Waals surface area contributed by atoms with Crippen LogP contribution in [0.3, 0.4) is 0 Å². The van der Waals surface area contributed by atoms with Crippen LogP contribution >= 0.6 is 0 Å². The number of hydrogen-bond acceptors (Lipinski definition) is 3. The van der Waals surface area contributed by atoms with E-state index in [1.165, 1.54) is 18.9 Å². The number of hydrogen-bond donors (Lipinski definition) is 3. The molecule has 1 saturated carbocycles. The fraction of sp³-hybridized carbons (Fsp3) is 0.500.